The summed E-state index contributed by atoms with van der Waals surface area (Å²) in [4.78, 5) is 61.6. The maximum absolute atomic E-state index is 14.2. The largest absolute Gasteiger partial charge is 0.330 e. The lowest BCUT2D eigenvalue weighted by atomic mass is 9.95. The topological polar surface area (TPSA) is 167 Å². The fraction of sp³-hybridized carbons (Fsp3) is 0.0714. The highest BCUT2D eigenvalue weighted by Gasteiger charge is 2.41. The predicted octanol–water partition coefficient (Wildman–Crippen LogP) is 5.47. The molecular formula is C28H18N4O8. The van der Waals surface area contributed by atoms with Crippen molar-refractivity contribution >= 4 is 28.8 Å². The molecule has 0 unspecified atom stereocenters. The first kappa shape index (κ1) is 25.9. The van der Waals surface area contributed by atoms with Gasteiger partial charge < -0.3 is 4.90 Å². The average molecular weight is 538 g/mol. The number of hydrogen-bond donors (Lipinski definition) is 0. The molecule has 0 heterocycles. The number of hydrogen-bond acceptors (Lipinski definition) is 8. The van der Waals surface area contributed by atoms with Gasteiger partial charge in [0.25, 0.3) is 23.0 Å². The van der Waals surface area contributed by atoms with Crippen LogP contribution in [0.1, 0.15) is 37.4 Å². The number of carbonyl (C=O) groups excluding carboxylic acids is 2. The lowest BCUT2D eigenvalue weighted by Gasteiger charge is -2.24. The third kappa shape index (κ3) is 4.65. The summed E-state index contributed by atoms with van der Waals surface area (Å²) in [5.41, 5.74) is -1.92. The van der Waals surface area contributed by atoms with Gasteiger partial charge in [-0.05, 0) is 11.1 Å². The third-order valence-corrected chi connectivity index (χ3v) is 6.53. The van der Waals surface area contributed by atoms with Crippen LogP contribution in [0.4, 0.5) is 17.1 Å². The minimum Gasteiger partial charge on any atom is -0.330 e. The molecule has 0 bridgehead atoms. The molecule has 12 heteroatoms. The van der Waals surface area contributed by atoms with Gasteiger partial charge in [0.05, 0.1) is 32.0 Å². The van der Waals surface area contributed by atoms with Crippen LogP contribution in [0.3, 0.4) is 0 Å². The highest BCUT2D eigenvalue weighted by Crippen LogP contribution is 2.47. The molecule has 0 spiro atoms. The predicted molar refractivity (Wildman–Crippen MR) is 142 cm³/mol. The van der Waals surface area contributed by atoms with Crippen LogP contribution in [0.25, 0.3) is 11.1 Å². The van der Waals surface area contributed by atoms with Gasteiger partial charge in [-0.25, -0.2) is 0 Å². The number of fused-ring (bicyclic) bond motifs is 3. The Morgan fingerprint density at radius 1 is 0.650 bits per heavy atom. The Labute approximate surface area is 225 Å². The number of rotatable bonds is 8. The van der Waals surface area contributed by atoms with Crippen LogP contribution in [-0.2, 0) is 13.1 Å². The summed E-state index contributed by atoms with van der Waals surface area (Å²) in [5.74, 6) is -1.59. The fourth-order valence-corrected chi connectivity index (χ4v) is 4.78. The van der Waals surface area contributed by atoms with Gasteiger partial charge in [0.1, 0.15) is 0 Å². The van der Waals surface area contributed by atoms with E-state index in [0.29, 0.717) is 6.07 Å². The molecule has 0 saturated heterocycles. The Balaban J connectivity index is 1.74. The molecule has 0 aromatic heterocycles. The van der Waals surface area contributed by atoms with Crippen molar-refractivity contribution < 1.29 is 24.4 Å². The molecule has 0 saturated carbocycles. The second-order valence-electron chi connectivity index (χ2n) is 9.04. The molecule has 0 aliphatic heterocycles. The van der Waals surface area contributed by atoms with Crippen molar-refractivity contribution in [2.24, 2.45) is 0 Å². The van der Waals surface area contributed by atoms with Gasteiger partial charge in [-0.1, -0.05) is 60.7 Å². The monoisotopic (exact) mass is 538 g/mol. The summed E-state index contributed by atoms with van der Waals surface area (Å²) in [5, 5.41) is 35.2. The van der Waals surface area contributed by atoms with Gasteiger partial charge >= 0.3 is 0 Å². The van der Waals surface area contributed by atoms with Crippen LogP contribution in [0.15, 0.2) is 84.9 Å². The SMILES string of the molecule is O=C1c2cc([N+](=O)[O-])cc(C(=O)N(Cc3ccccc3)Cc3ccccc3)c2-c2c1cc([N+](=O)[O-])cc2[N+](=O)[O-]. The lowest BCUT2D eigenvalue weighted by Crippen LogP contribution is -2.30. The molecule has 12 nitrogen and oxygen atoms in total. The highest BCUT2D eigenvalue weighted by atomic mass is 16.6. The zero-order valence-corrected chi connectivity index (χ0v) is 20.6. The molecule has 40 heavy (non-hydrogen) atoms. The molecule has 0 fully saturated rings. The van der Waals surface area contributed by atoms with E-state index < -0.39 is 43.5 Å². The number of ketones is 1. The number of amides is 1. The van der Waals surface area contributed by atoms with Gasteiger partial charge in [0, 0.05) is 48.0 Å². The number of nitrogens with zero attached hydrogens (tertiary/aromatic N) is 4. The average Bonchev–Trinajstić information content (AvgIpc) is 3.24. The van der Waals surface area contributed by atoms with Gasteiger partial charge in [0.2, 0.25) is 0 Å². The second-order valence-corrected chi connectivity index (χ2v) is 9.04. The molecule has 5 rings (SSSR count). The van der Waals surface area contributed by atoms with Gasteiger partial charge in [-0.15, -0.1) is 0 Å². The third-order valence-electron chi connectivity index (χ3n) is 6.53. The quantitative estimate of drug-likeness (QED) is 0.185. The molecule has 1 aliphatic rings. The van der Waals surface area contributed by atoms with E-state index in [2.05, 4.69) is 0 Å². The maximum Gasteiger partial charge on any atom is 0.284 e. The van der Waals surface area contributed by atoms with Crippen molar-refractivity contribution in [3.8, 4) is 11.1 Å². The molecule has 198 valence electrons. The van der Waals surface area contributed by atoms with Crippen LogP contribution >= 0.6 is 0 Å². The van der Waals surface area contributed by atoms with Crippen molar-refractivity contribution in [3.63, 3.8) is 0 Å². The Morgan fingerprint density at radius 2 is 1.12 bits per heavy atom. The van der Waals surface area contributed by atoms with Gasteiger partial charge in [0.15, 0.2) is 5.78 Å². The molecule has 0 N–H and O–H groups in total. The van der Waals surface area contributed by atoms with Crippen LogP contribution in [0.2, 0.25) is 0 Å². The molecule has 1 amide bonds. The van der Waals surface area contributed by atoms with E-state index in [9.17, 15) is 39.9 Å². The zero-order valence-electron chi connectivity index (χ0n) is 20.6. The van der Waals surface area contributed by atoms with Crippen LogP contribution in [-0.4, -0.2) is 31.4 Å². The van der Waals surface area contributed by atoms with Crippen LogP contribution in [0.5, 0.6) is 0 Å². The summed E-state index contributed by atoms with van der Waals surface area (Å²) < 4.78 is 0. The standard InChI is InChI=1S/C28H18N4O8/c33-27-21-11-19(30(35)36)13-23(25(21)26-22(27)12-20(31(37)38)14-24(26)32(39)40)28(34)29(15-17-7-3-1-4-8-17)16-18-9-5-2-6-10-18/h1-14H,15-16H2. The summed E-state index contributed by atoms with van der Waals surface area (Å²) in [6.45, 7) is 0.185. The molecular weight excluding hydrogens is 520 g/mol. The summed E-state index contributed by atoms with van der Waals surface area (Å²) >= 11 is 0. The summed E-state index contributed by atoms with van der Waals surface area (Å²) in [7, 11) is 0. The Kier molecular flexibility index (Phi) is 6.58. The van der Waals surface area contributed by atoms with E-state index in [-0.39, 0.29) is 40.9 Å². The molecule has 4 aromatic rings. The molecule has 1 aliphatic carbocycles. The number of benzene rings is 4. The van der Waals surface area contributed by atoms with E-state index in [1.807, 2.05) is 0 Å². The highest BCUT2D eigenvalue weighted by molar-refractivity contribution is 6.26. The Morgan fingerprint density at radius 3 is 1.60 bits per heavy atom. The lowest BCUT2D eigenvalue weighted by molar-refractivity contribution is -0.393. The Hall–Kier alpha value is -5.78. The van der Waals surface area contributed by atoms with Crippen LogP contribution < -0.4 is 0 Å². The van der Waals surface area contributed by atoms with Gasteiger partial charge in [-0.2, -0.15) is 0 Å². The fourth-order valence-electron chi connectivity index (χ4n) is 4.78. The van der Waals surface area contributed by atoms with Crippen molar-refractivity contribution in [2.45, 2.75) is 13.1 Å². The summed E-state index contributed by atoms with van der Waals surface area (Å²) in [6, 6.07) is 21.5. The number of non-ortho nitro benzene ring substituents is 2. The molecule has 0 atom stereocenters. The number of carbonyl (C=O) groups is 2. The van der Waals surface area contributed by atoms with Crippen molar-refractivity contribution in [1.82, 2.24) is 4.90 Å². The minimum atomic E-state index is -0.882. The van der Waals surface area contributed by atoms with E-state index in [4.69, 9.17) is 0 Å². The summed E-state index contributed by atoms with van der Waals surface area (Å²) in [6.07, 6.45) is 0. The van der Waals surface area contributed by atoms with Gasteiger partial charge in [-0.3, -0.25) is 39.9 Å². The van der Waals surface area contributed by atoms with Crippen molar-refractivity contribution in [1.29, 1.82) is 0 Å². The van der Waals surface area contributed by atoms with Crippen LogP contribution in [0, 0.1) is 30.3 Å². The maximum atomic E-state index is 14.2. The first-order valence-electron chi connectivity index (χ1n) is 11.9. The second kappa shape index (κ2) is 10.2. The first-order chi connectivity index (χ1) is 19.2. The number of nitro groups is 3. The van der Waals surface area contributed by atoms with E-state index in [1.165, 1.54) is 4.90 Å². The molecule has 4 aromatic carbocycles. The Bertz CT molecular complexity index is 1680. The van der Waals surface area contributed by atoms with Crippen molar-refractivity contribution in [2.75, 3.05) is 0 Å². The van der Waals surface area contributed by atoms with E-state index in [1.54, 1.807) is 60.7 Å². The first-order valence-corrected chi connectivity index (χ1v) is 11.9. The van der Waals surface area contributed by atoms with Crippen molar-refractivity contribution in [3.05, 3.63) is 143 Å². The minimum absolute atomic E-state index is 0.0925. The van der Waals surface area contributed by atoms with E-state index in [0.717, 1.165) is 29.3 Å². The zero-order chi connectivity index (χ0) is 28.6. The molecule has 0 radical (unpaired) electrons. The number of nitro benzene ring substituents is 3. The smallest absolute Gasteiger partial charge is 0.284 e. The normalized spacial score (nSPS) is 11.4. The van der Waals surface area contributed by atoms with E-state index >= 15 is 0 Å².